The molecule has 0 fully saturated rings. The number of nitrogens with zero attached hydrogens (tertiary/aromatic N) is 2. The Morgan fingerprint density at radius 3 is 2.96 bits per heavy atom. The van der Waals surface area contributed by atoms with Crippen molar-refractivity contribution in [3.8, 4) is 0 Å². The van der Waals surface area contributed by atoms with Crippen molar-refractivity contribution in [3.63, 3.8) is 0 Å². The van der Waals surface area contributed by atoms with Crippen LogP contribution in [0, 0.1) is 6.92 Å². The molecule has 2 N–H and O–H groups in total. The Hall–Kier alpha value is -3.00. The van der Waals surface area contributed by atoms with Crippen molar-refractivity contribution in [2.45, 2.75) is 13.0 Å². The molecule has 0 radical (unpaired) electrons. The van der Waals surface area contributed by atoms with Crippen molar-refractivity contribution in [3.05, 3.63) is 58.7 Å². The van der Waals surface area contributed by atoms with Gasteiger partial charge in [0.25, 0.3) is 11.5 Å². The smallest absolute Gasteiger partial charge is 0.328 e. The van der Waals surface area contributed by atoms with E-state index in [-0.39, 0.29) is 18.8 Å². The second-order valence-corrected chi connectivity index (χ2v) is 5.10. The lowest BCUT2D eigenvalue weighted by Crippen LogP contribution is -2.45. The number of carbonyl (C=O) groups excluding carboxylic acids is 1. The van der Waals surface area contributed by atoms with E-state index < -0.39 is 23.5 Å². The number of aryl methyl sites for hydroxylation is 1. The summed E-state index contributed by atoms with van der Waals surface area (Å²) in [7, 11) is 0. The fourth-order valence-corrected chi connectivity index (χ4v) is 2.01. The zero-order valence-corrected chi connectivity index (χ0v) is 13.1. The number of hydrogen-bond donors (Lipinski definition) is 2. The lowest BCUT2D eigenvalue weighted by atomic mass is 10.2. The summed E-state index contributed by atoms with van der Waals surface area (Å²) < 4.78 is 6.27. The van der Waals surface area contributed by atoms with E-state index in [1.54, 1.807) is 12.1 Å². The van der Waals surface area contributed by atoms with E-state index in [1.165, 1.54) is 16.7 Å². The summed E-state index contributed by atoms with van der Waals surface area (Å²) in [4.78, 5) is 39.8. The highest BCUT2D eigenvalue weighted by molar-refractivity contribution is 5.96. The summed E-state index contributed by atoms with van der Waals surface area (Å²) in [6.45, 7) is 5.21. The topological polar surface area (TPSA) is 110 Å². The first-order valence-electron chi connectivity index (χ1n) is 7.14. The fraction of sp³-hybridized carbons (Fsp3) is 0.250. The second kappa shape index (κ2) is 7.51. The van der Waals surface area contributed by atoms with Crippen molar-refractivity contribution >= 4 is 17.5 Å². The van der Waals surface area contributed by atoms with Crippen molar-refractivity contribution < 1.29 is 19.4 Å². The molecule has 24 heavy (non-hydrogen) atoms. The molecule has 0 aliphatic carbocycles. The lowest BCUT2D eigenvalue weighted by Gasteiger charge is -2.14. The van der Waals surface area contributed by atoms with Gasteiger partial charge in [0.15, 0.2) is 6.04 Å². The zero-order valence-electron chi connectivity index (χ0n) is 13.1. The monoisotopic (exact) mass is 331 g/mol. The Bertz CT molecular complexity index is 843. The molecule has 0 bridgehead atoms. The molecule has 1 atom stereocenters. The number of nitrogens with one attached hydrogen (secondary N) is 1. The highest BCUT2D eigenvalue weighted by Crippen LogP contribution is 2.02. The van der Waals surface area contributed by atoms with E-state index >= 15 is 0 Å². The van der Waals surface area contributed by atoms with Crippen LogP contribution in [0.4, 0.5) is 0 Å². The van der Waals surface area contributed by atoms with Crippen LogP contribution in [0.3, 0.4) is 0 Å². The molecule has 126 valence electrons. The van der Waals surface area contributed by atoms with E-state index in [9.17, 15) is 14.4 Å². The average molecular weight is 331 g/mol. The van der Waals surface area contributed by atoms with Crippen molar-refractivity contribution in [2.24, 2.45) is 0 Å². The van der Waals surface area contributed by atoms with Crippen LogP contribution in [-0.4, -0.2) is 45.6 Å². The van der Waals surface area contributed by atoms with E-state index in [0.29, 0.717) is 5.65 Å². The Balaban J connectivity index is 2.25. The third-order valence-electron chi connectivity index (χ3n) is 3.23. The summed E-state index contributed by atoms with van der Waals surface area (Å²) in [6.07, 6.45) is 4.11. The molecule has 8 nitrogen and oxygen atoms in total. The van der Waals surface area contributed by atoms with Gasteiger partial charge in [0.2, 0.25) is 0 Å². The summed E-state index contributed by atoms with van der Waals surface area (Å²) in [5.41, 5.74) is 0.505. The minimum atomic E-state index is -1.28. The average Bonchev–Trinajstić information content (AvgIpc) is 2.53. The molecule has 0 spiro atoms. The molecular weight excluding hydrogens is 314 g/mol. The van der Waals surface area contributed by atoms with E-state index in [2.05, 4.69) is 16.9 Å². The van der Waals surface area contributed by atoms with Crippen LogP contribution in [0.1, 0.15) is 15.9 Å². The molecule has 0 aliphatic rings. The number of carboxylic acid groups (broad SMARTS) is 1. The van der Waals surface area contributed by atoms with Gasteiger partial charge in [0.05, 0.1) is 13.2 Å². The van der Waals surface area contributed by atoms with Gasteiger partial charge in [-0.2, -0.15) is 0 Å². The van der Waals surface area contributed by atoms with Crippen LogP contribution in [0.15, 0.2) is 42.0 Å². The highest BCUT2D eigenvalue weighted by atomic mass is 16.5. The van der Waals surface area contributed by atoms with Crippen molar-refractivity contribution in [1.29, 1.82) is 0 Å². The molecule has 1 unspecified atom stereocenters. The van der Waals surface area contributed by atoms with Crippen LogP contribution in [-0.2, 0) is 9.53 Å². The van der Waals surface area contributed by atoms with Gasteiger partial charge in [0, 0.05) is 12.4 Å². The predicted molar refractivity (Wildman–Crippen MR) is 86.1 cm³/mol. The Labute approximate surface area is 137 Å². The van der Waals surface area contributed by atoms with Gasteiger partial charge < -0.3 is 15.2 Å². The molecule has 0 saturated heterocycles. The Morgan fingerprint density at radius 2 is 2.29 bits per heavy atom. The molecule has 0 aliphatic heterocycles. The van der Waals surface area contributed by atoms with E-state index in [1.807, 2.05) is 6.92 Å². The maximum atomic E-state index is 12.4. The normalized spacial score (nSPS) is 11.9. The van der Waals surface area contributed by atoms with Crippen molar-refractivity contribution in [1.82, 2.24) is 14.7 Å². The maximum absolute atomic E-state index is 12.4. The third-order valence-corrected chi connectivity index (χ3v) is 3.23. The van der Waals surface area contributed by atoms with E-state index in [4.69, 9.17) is 9.84 Å². The number of carbonyl (C=O) groups is 2. The molecule has 2 rings (SSSR count). The molecule has 2 aromatic heterocycles. The lowest BCUT2D eigenvalue weighted by molar-refractivity contribution is -0.140. The van der Waals surface area contributed by atoms with Crippen molar-refractivity contribution in [2.75, 3.05) is 13.2 Å². The molecule has 0 saturated carbocycles. The molecular formula is C16H17N3O5. The molecule has 8 heteroatoms. The molecule has 2 heterocycles. The van der Waals surface area contributed by atoms with Gasteiger partial charge in [0.1, 0.15) is 11.2 Å². The number of fused-ring (bicyclic) bond motifs is 1. The number of rotatable bonds is 7. The number of pyridine rings is 1. The van der Waals surface area contributed by atoms with Crippen LogP contribution in [0.25, 0.3) is 5.65 Å². The zero-order chi connectivity index (χ0) is 17.7. The number of aromatic nitrogens is 2. The van der Waals surface area contributed by atoms with Gasteiger partial charge in [-0.25, -0.2) is 9.78 Å². The van der Waals surface area contributed by atoms with Crippen LogP contribution in [0.2, 0.25) is 0 Å². The summed E-state index contributed by atoms with van der Waals surface area (Å²) in [5.74, 6) is -2.09. The maximum Gasteiger partial charge on any atom is 0.328 e. The standard InChI is InChI=1S/C16H17N3O5/c1-3-6-24-9-12(16(22)23)18-14(20)11-8-17-13-7-10(2)4-5-19(13)15(11)21/h3-5,7-8,12H,1,6,9H2,2H3,(H,18,20)(H,22,23). The van der Waals surface area contributed by atoms with Crippen LogP contribution >= 0.6 is 0 Å². The van der Waals surface area contributed by atoms with Crippen LogP contribution < -0.4 is 10.9 Å². The largest absolute Gasteiger partial charge is 0.480 e. The van der Waals surface area contributed by atoms with E-state index in [0.717, 1.165) is 11.8 Å². The number of hydrogen-bond acceptors (Lipinski definition) is 5. The minimum absolute atomic E-state index is 0.152. The van der Waals surface area contributed by atoms with Gasteiger partial charge in [-0.05, 0) is 24.6 Å². The Kier molecular flexibility index (Phi) is 5.43. The predicted octanol–water partition coefficient (Wildman–Crippen LogP) is 0.389. The van der Waals surface area contributed by atoms with Crippen LogP contribution in [0.5, 0.6) is 0 Å². The third kappa shape index (κ3) is 3.85. The summed E-state index contributed by atoms with van der Waals surface area (Å²) in [6, 6.07) is 2.13. The molecule has 2 aromatic rings. The number of ether oxygens (including phenoxy) is 1. The molecule has 1 amide bonds. The SMILES string of the molecule is C=CCOCC(NC(=O)c1cnc2cc(C)ccn2c1=O)C(=O)O. The highest BCUT2D eigenvalue weighted by Gasteiger charge is 2.23. The number of amides is 1. The van der Waals surface area contributed by atoms with Gasteiger partial charge >= 0.3 is 5.97 Å². The minimum Gasteiger partial charge on any atom is -0.480 e. The quantitative estimate of drug-likeness (QED) is 0.561. The van der Waals surface area contributed by atoms with Gasteiger partial charge in [-0.15, -0.1) is 6.58 Å². The van der Waals surface area contributed by atoms with Gasteiger partial charge in [-0.3, -0.25) is 14.0 Å². The first-order valence-corrected chi connectivity index (χ1v) is 7.14. The fourth-order valence-electron chi connectivity index (χ4n) is 2.01. The summed E-state index contributed by atoms with van der Waals surface area (Å²) >= 11 is 0. The second-order valence-electron chi connectivity index (χ2n) is 5.10. The number of aliphatic carboxylic acids is 1. The Morgan fingerprint density at radius 1 is 1.54 bits per heavy atom. The summed E-state index contributed by atoms with van der Waals surface area (Å²) in [5, 5.41) is 11.4. The first-order chi connectivity index (χ1) is 11.4. The first kappa shape index (κ1) is 17.4. The number of carboxylic acids is 1. The van der Waals surface area contributed by atoms with Gasteiger partial charge in [-0.1, -0.05) is 6.08 Å². The molecule has 0 aromatic carbocycles.